The molecule has 0 unspecified atom stereocenters. The van der Waals surface area contributed by atoms with Gasteiger partial charge in [0, 0.05) is 30.7 Å². The number of aromatic nitrogens is 1. The van der Waals surface area contributed by atoms with Crippen molar-refractivity contribution in [2.75, 3.05) is 19.8 Å². The highest BCUT2D eigenvalue weighted by Crippen LogP contribution is 2.37. The Morgan fingerprint density at radius 3 is 2.80 bits per heavy atom. The van der Waals surface area contributed by atoms with Crippen molar-refractivity contribution in [2.45, 2.75) is 42.9 Å². The highest BCUT2D eigenvalue weighted by molar-refractivity contribution is 8.00. The van der Waals surface area contributed by atoms with Gasteiger partial charge in [-0.15, -0.1) is 0 Å². The summed E-state index contributed by atoms with van der Waals surface area (Å²) in [4.78, 5) is 12.2. The van der Waals surface area contributed by atoms with E-state index in [0.29, 0.717) is 29.5 Å². The summed E-state index contributed by atoms with van der Waals surface area (Å²) in [5, 5.41) is 6.77. The molecule has 1 fully saturated rings. The zero-order chi connectivity index (χ0) is 21.4. The van der Waals surface area contributed by atoms with Crippen LogP contribution < -0.4 is 5.32 Å². The lowest BCUT2D eigenvalue weighted by Gasteiger charge is -2.21. The number of hydrogen-bond donors (Lipinski definition) is 1. The molecule has 1 aromatic heterocycles. The molecule has 164 valence electrons. The second kappa shape index (κ2) is 10.8. The zero-order valence-corrected chi connectivity index (χ0v) is 17.1. The summed E-state index contributed by atoms with van der Waals surface area (Å²) in [6, 6.07) is 7.72. The molecular formula is C20H23F3N2O4S. The maximum absolute atomic E-state index is 12.5. The highest BCUT2D eigenvalue weighted by atomic mass is 32.2. The van der Waals surface area contributed by atoms with Crippen molar-refractivity contribution in [3.8, 4) is 0 Å². The number of hydrogen-bond acceptors (Lipinski definition) is 6. The Morgan fingerprint density at radius 2 is 2.03 bits per heavy atom. The maximum atomic E-state index is 12.5. The van der Waals surface area contributed by atoms with Crippen LogP contribution in [0.3, 0.4) is 0 Å². The Morgan fingerprint density at radius 1 is 1.23 bits per heavy atom. The quantitative estimate of drug-likeness (QED) is 0.588. The second-order valence-electron chi connectivity index (χ2n) is 7.01. The third-order valence-corrected chi connectivity index (χ3v) is 5.24. The van der Waals surface area contributed by atoms with Crippen LogP contribution >= 0.6 is 11.8 Å². The van der Waals surface area contributed by atoms with E-state index in [1.807, 2.05) is 0 Å². The van der Waals surface area contributed by atoms with Crippen LogP contribution in [0, 0.1) is 5.92 Å². The monoisotopic (exact) mass is 444 g/mol. The minimum absolute atomic E-state index is 0.104. The van der Waals surface area contributed by atoms with Gasteiger partial charge in [-0.05, 0) is 48.2 Å². The number of benzene rings is 1. The first-order valence-corrected chi connectivity index (χ1v) is 10.4. The Balaban J connectivity index is 1.39. The average molecular weight is 444 g/mol. The Labute approximate surface area is 176 Å². The Bertz CT molecular complexity index is 822. The van der Waals surface area contributed by atoms with Crippen molar-refractivity contribution in [2.24, 2.45) is 5.92 Å². The van der Waals surface area contributed by atoms with Gasteiger partial charge in [-0.1, -0.05) is 17.3 Å². The standard InChI is InChI=1S/C20H23F3N2O4S/c21-20(22,23)30-18-3-1-2-15(8-18)12-28-13-17-9-16(25-29-17)10-19(26)24-11-14-4-6-27-7-5-14/h1-3,8-9,14H,4-7,10-13H2,(H,24,26). The number of alkyl halides is 3. The van der Waals surface area contributed by atoms with Crippen LogP contribution in [0.2, 0.25) is 0 Å². The molecule has 1 amide bonds. The normalized spacial score (nSPS) is 15.3. The molecule has 1 N–H and O–H groups in total. The van der Waals surface area contributed by atoms with Crippen molar-refractivity contribution in [1.82, 2.24) is 10.5 Å². The fourth-order valence-corrected chi connectivity index (χ4v) is 3.67. The molecule has 0 spiro atoms. The van der Waals surface area contributed by atoms with Crippen LogP contribution in [0.25, 0.3) is 0 Å². The molecule has 6 nitrogen and oxygen atoms in total. The summed E-state index contributed by atoms with van der Waals surface area (Å²) in [5.74, 6) is 0.765. The van der Waals surface area contributed by atoms with Crippen molar-refractivity contribution in [1.29, 1.82) is 0 Å². The molecule has 0 aliphatic carbocycles. The number of amides is 1. The van der Waals surface area contributed by atoms with Crippen LogP contribution in [-0.2, 0) is 33.9 Å². The maximum Gasteiger partial charge on any atom is 0.446 e. The number of carbonyl (C=O) groups is 1. The van der Waals surface area contributed by atoms with Crippen LogP contribution in [0.4, 0.5) is 13.2 Å². The minimum atomic E-state index is -4.33. The smallest absolute Gasteiger partial charge is 0.381 e. The number of nitrogens with zero attached hydrogens (tertiary/aromatic N) is 1. The van der Waals surface area contributed by atoms with E-state index < -0.39 is 5.51 Å². The van der Waals surface area contributed by atoms with Gasteiger partial charge in [-0.3, -0.25) is 4.79 Å². The summed E-state index contributed by atoms with van der Waals surface area (Å²) < 4.78 is 53.3. The van der Waals surface area contributed by atoms with Gasteiger partial charge < -0.3 is 19.3 Å². The topological polar surface area (TPSA) is 73.6 Å². The van der Waals surface area contributed by atoms with E-state index in [-0.39, 0.29) is 42.2 Å². The van der Waals surface area contributed by atoms with Crippen LogP contribution in [0.5, 0.6) is 0 Å². The minimum Gasteiger partial charge on any atom is -0.381 e. The predicted octanol–water partition coefficient (Wildman–Crippen LogP) is 4.09. The average Bonchev–Trinajstić information content (AvgIpc) is 3.13. The van der Waals surface area contributed by atoms with E-state index in [4.69, 9.17) is 14.0 Å². The van der Waals surface area contributed by atoms with Gasteiger partial charge in [0.1, 0.15) is 6.61 Å². The van der Waals surface area contributed by atoms with E-state index in [1.165, 1.54) is 12.1 Å². The Hall–Kier alpha value is -2.04. The number of nitrogens with one attached hydrogen (secondary N) is 1. The lowest BCUT2D eigenvalue weighted by molar-refractivity contribution is -0.120. The molecular weight excluding hydrogens is 421 g/mol. The molecule has 0 saturated carbocycles. The van der Waals surface area contributed by atoms with Crippen LogP contribution in [0.1, 0.15) is 29.9 Å². The largest absolute Gasteiger partial charge is 0.446 e. The predicted molar refractivity (Wildman–Crippen MR) is 104 cm³/mol. The summed E-state index contributed by atoms with van der Waals surface area (Å²) in [7, 11) is 0. The lowest BCUT2D eigenvalue weighted by Crippen LogP contribution is -2.33. The van der Waals surface area contributed by atoms with Gasteiger partial charge >= 0.3 is 5.51 Å². The van der Waals surface area contributed by atoms with Gasteiger partial charge in [0.25, 0.3) is 0 Å². The van der Waals surface area contributed by atoms with Gasteiger partial charge in [-0.25, -0.2) is 0 Å². The van der Waals surface area contributed by atoms with Gasteiger partial charge in [0.15, 0.2) is 5.76 Å². The first-order chi connectivity index (χ1) is 14.4. The summed E-state index contributed by atoms with van der Waals surface area (Å²) in [6.07, 6.45) is 2.01. The van der Waals surface area contributed by atoms with Crippen molar-refractivity contribution in [3.05, 3.63) is 47.3 Å². The molecule has 0 radical (unpaired) electrons. The molecule has 1 aliphatic heterocycles. The van der Waals surface area contributed by atoms with E-state index in [1.54, 1.807) is 18.2 Å². The van der Waals surface area contributed by atoms with E-state index in [0.717, 1.165) is 26.1 Å². The fourth-order valence-electron chi connectivity index (χ4n) is 3.04. The lowest BCUT2D eigenvalue weighted by atomic mass is 10.0. The van der Waals surface area contributed by atoms with E-state index >= 15 is 0 Å². The number of thioether (sulfide) groups is 1. The SMILES string of the molecule is O=C(Cc1cc(COCc2cccc(SC(F)(F)F)c2)on1)NCC1CCOCC1. The third-order valence-electron chi connectivity index (χ3n) is 4.52. The molecule has 3 rings (SSSR count). The van der Waals surface area contributed by atoms with Gasteiger partial charge in [0.2, 0.25) is 5.91 Å². The van der Waals surface area contributed by atoms with E-state index in [2.05, 4.69) is 10.5 Å². The van der Waals surface area contributed by atoms with Crippen molar-refractivity contribution in [3.63, 3.8) is 0 Å². The van der Waals surface area contributed by atoms with E-state index in [9.17, 15) is 18.0 Å². The first-order valence-electron chi connectivity index (χ1n) is 9.59. The summed E-state index contributed by atoms with van der Waals surface area (Å²) >= 11 is -0.162. The molecule has 1 aliphatic rings. The second-order valence-corrected chi connectivity index (χ2v) is 8.15. The molecule has 2 heterocycles. The molecule has 1 saturated heterocycles. The van der Waals surface area contributed by atoms with Gasteiger partial charge in [-0.2, -0.15) is 13.2 Å². The van der Waals surface area contributed by atoms with Crippen LogP contribution in [-0.4, -0.2) is 36.3 Å². The van der Waals surface area contributed by atoms with Gasteiger partial charge in [0.05, 0.1) is 18.7 Å². The number of rotatable bonds is 9. The zero-order valence-electron chi connectivity index (χ0n) is 16.2. The molecule has 2 aromatic rings. The first kappa shape index (κ1) is 22.6. The molecule has 0 atom stereocenters. The van der Waals surface area contributed by atoms with Crippen molar-refractivity contribution >= 4 is 17.7 Å². The molecule has 0 bridgehead atoms. The molecule has 10 heteroatoms. The highest BCUT2D eigenvalue weighted by Gasteiger charge is 2.29. The fraction of sp³-hybridized carbons (Fsp3) is 0.500. The molecule has 30 heavy (non-hydrogen) atoms. The number of ether oxygens (including phenoxy) is 2. The third kappa shape index (κ3) is 8.00. The molecule has 1 aromatic carbocycles. The van der Waals surface area contributed by atoms with Crippen molar-refractivity contribution < 1.29 is 32.0 Å². The Kier molecular flexibility index (Phi) is 8.17. The number of carbonyl (C=O) groups excluding carboxylic acids is 1. The number of halogens is 3. The summed E-state index contributed by atoms with van der Waals surface area (Å²) in [6.45, 7) is 2.33. The summed E-state index contributed by atoms with van der Waals surface area (Å²) in [5.41, 5.74) is -3.20. The van der Waals surface area contributed by atoms with Crippen LogP contribution in [0.15, 0.2) is 39.8 Å².